The fourth-order valence-electron chi connectivity index (χ4n) is 3.53. The van der Waals surface area contributed by atoms with E-state index < -0.39 is 0 Å². The van der Waals surface area contributed by atoms with Gasteiger partial charge in [0.15, 0.2) is 5.82 Å². The summed E-state index contributed by atoms with van der Waals surface area (Å²) in [6.45, 7) is 1.52. The highest BCUT2D eigenvalue weighted by molar-refractivity contribution is 5.95. The molecular formula is C22H24FN5O. The lowest BCUT2D eigenvalue weighted by Gasteiger charge is -2.17. The highest BCUT2D eigenvalue weighted by atomic mass is 19.1. The van der Waals surface area contributed by atoms with Gasteiger partial charge in [0, 0.05) is 50.5 Å². The van der Waals surface area contributed by atoms with E-state index >= 15 is 0 Å². The van der Waals surface area contributed by atoms with E-state index in [4.69, 9.17) is 0 Å². The predicted octanol–water partition coefficient (Wildman–Crippen LogP) is 3.29. The van der Waals surface area contributed by atoms with Crippen LogP contribution in [-0.2, 0) is 0 Å². The highest BCUT2D eigenvalue weighted by Gasteiger charge is 2.26. The van der Waals surface area contributed by atoms with Gasteiger partial charge in [-0.25, -0.2) is 4.39 Å². The smallest absolute Gasteiger partial charge is 0.251 e. The summed E-state index contributed by atoms with van der Waals surface area (Å²) in [6, 6.07) is 15.9. The van der Waals surface area contributed by atoms with Crippen molar-refractivity contribution in [1.82, 2.24) is 15.5 Å². The number of H-pyrrole nitrogens is 1. The molecule has 0 radical (unpaired) electrons. The lowest BCUT2D eigenvalue weighted by Crippen LogP contribution is -2.37. The number of hydrogen-bond donors (Lipinski definition) is 2. The van der Waals surface area contributed by atoms with Crippen molar-refractivity contribution in [3.8, 4) is 11.3 Å². The van der Waals surface area contributed by atoms with Gasteiger partial charge in [0.05, 0.1) is 5.69 Å². The normalized spacial score (nSPS) is 16.1. The largest absolute Gasteiger partial charge is 0.378 e. The molecule has 3 aromatic rings. The Kier molecular flexibility index (Phi) is 5.20. The number of nitrogens with one attached hydrogen (secondary N) is 2. The first-order chi connectivity index (χ1) is 14.0. The van der Waals surface area contributed by atoms with Gasteiger partial charge >= 0.3 is 0 Å². The first-order valence-corrected chi connectivity index (χ1v) is 9.64. The number of hydrogen-bond acceptors (Lipinski definition) is 4. The summed E-state index contributed by atoms with van der Waals surface area (Å²) in [4.78, 5) is 16.8. The summed E-state index contributed by atoms with van der Waals surface area (Å²) >= 11 is 0. The Morgan fingerprint density at radius 2 is 2.00 bits per heavy atom. The van der Waals surface area contributed by atoms with Crippen LogP contribution in [0.3, 0.4) is 0 Å². The third-order valence-electron chi connectivity index (χ3n) is 5.19. The number of benzene rings is 2. The molecule has 1 unspecified atom stereocenters. The van der Waals surface area contributed by atoms with Crippen LogP contribution in [0.4, 0.5) is 15.9 Å². The zero-order chi connectivity index (χ0) is 20.4. The number of aromatic nitrogens is 2. The molecule has 1 saturated heterocycles. The molecule has 2 N–H and O–H groups in total. The maximum atomic E-state index is 13.1. The molecule has 4 rings (SSSR count). The monoisotopic (exact) mass is 393 g/mol. The number of halogens is 1. The van der Waals surface area contributed by atoms with Gasteiger partial charge in [0.25, 0.3) is 5.91 Å². The van der Waals surface area contributed by atoms with Crippen molar-refractivity contribution >= 4 is 17.4 Å². The van der Waals surface area contributed by atoms with E-state index in [-0.39, 0.29) is 17.8 Å². The number of aromatic amines is 1. The van der Waals surface area contributed by atoms with E-state index in [1.807, 2.05) is 49.3 Å². The van der Waals surface area contributed by atoms with Gasteiger partial charge < -0.3 is 15.1 Å². The quantitative estimate of drug-likeness (QED) is 0.698. The Labute approximate surface area is 169 Å². The first kappa shape index (κ1) is 19.0. The standard InChI is InChI=1S/C22H24FN5O/c1-27(2)19-5-3-4-16(12-19)22(29)24-18-10-11-28(14-18)21-13-20(25-26-21)15-6-8-17(23)9-7-15/h3-9,12-13,18H,10-11,14H2,1-2H3,(H,24,29)(H,25,26). The Bertz CT molecular complexity index is 998. The molecule has 29 heavy (non-hydrogen) atoms. The highest BCUT2D eigenvalue weighted by Crippen LogP contribution is 2.25. The van der Waals surface area contributed by atoms with E-state index in [0.29, 0.717) is 12.1 Å². The fourth-order valence-corrected chi connectivity index (χ4v) is 3.53. The van der Waals surface area contributed by atoms with Gasteiger partial charge in [-0.15, -0.1) is 0 Å². The first-order valence-electron chi connectivity index (χ1n) is 9.64. The van der Waals surface area contributed by atoms with Crippen molar-refractivity contribution in [2.75, 3.05) is 37.0 Å². The minimum absolute atomic E-state index is 0.0606. The van der Waals surface area contributed by atoms with Crippen LogP contribution in [-0.4, -0.2) is 49.3 Å². The lowest BCUT2D eigenvalue weighted by molar-refractivity contribution is 0.0940. The maximum absolute atomic E-state index is 13.1. The predicted molar refractivity (Wildman–Crippen MR) is 113 cm³/mol. The van der Waals surface area contributed by atoms with Crippen LogP contribution in [0.5, 0.6) is 0 Å². The van der Waals surface area contributed by atoms with Crippen LogP contribution in [0.1, 0.15) is 16.8 Å². The summed E-state index contributed by atoms with van der Waals surface area (Å²) in [6.07, 6.45) is 0.859. The second-order valence-corrected chi connectivity index (χ2v) is 7.50. The number of rotatable bonds is 5. The molecule has 2 aromatic carbocycles. The Morgan fingerprint density at radius 1 is 1.21 bits per heavy atom. The molecule has 1 aromatic heterocycles. The average Bonchev–Trinajstić information content (AvgIpc) is 3.38. The van der Waals surface area contributed by atoms with Crippen molar-refractivity contribution in [3.63, 3.8) is 0 Å². The molecule has 1 amide bonds. The number of anilines is 2. The van der Waals surface area contributed by atoms with Gasteiger partial charge in [-0.3, -0.25) is 9.89 Å². The second-order valence-electron chi connectivity index (χ2n) is 7.50. The molecule has 0 bridgehead atoms. The van der Waals surface area contributed by atoms with Crippen LogP contribution in [0.15, 0.2) is 54.6 Å². The summed E-state index contributed by atoms with van der Waals surface area (Å²) < 4.78 is 13.1. The van der Waals surface area contributed by atoms with Crippen LogP contribution in [0.2, 0.25) is 0 Å². The fraction of sp³-hybridized carbons (Fsp3) is 0.273. The summed E-state index contributed by atoms with van der Waals surface area (Å²) in [5.74, 6) is 0.507. The molecule has 1 fully saturated rings. The van der Waals surface area contributed by atoms with Crippen molar-refractivity contribution in [3.05, 3.63) is 66.0 Å². The molecule has 150 valence electrons. The minimum atomic E-state index is -0.261. The lowest BCUT2D eigenvalue weighted by atomic mass is 10.1. The Morgan fingerprint density at radius 3 is 2.76 bits per heavy atom. The van der Waals surface area contributed by atoms with Gasteiger partial charge in [-0.2, -0.15) is 5.10 Å². The van der Waals surface area contributed by atoms with E-state index in [2.05, 4.69) is 20.4 Å². The molecule has 0 aliphatic carbocycles. The zero-order valence-corrected chi connectivity index (χ0v) is 16.5. The maximum Gasteiger partial charge on any atom is 0.251 e. The number of nitrogens with zero attached hydrogens (tertiary/aromatic N) is 3. The topological polar surface area (TPSA) is 64.3 Å². The van der Waals surface area contributed by atoms with Gasteiger partial charge in [0.1, 0.15) is 5.82 Å². The molecule has 2 heterocycles. The molecule has 1 aliphatic rings. The van der Waals surface area contributed by atoms with Crippen molar-refractivity contribution in [2.45, 2.75) is 12.5 Å². The van der Waals surface area contributed by atoms with Crippen LogP contribution < -0.4 is 15.1 Å². The molecule has 6 nitrogen and oxygen atoms in total. The summed E-state index contributed by atoms with van der Waals surface area (Å²) in [5.41, 5.74) is 3.38. The molecule has 7 heteroatoms. The third-order valence-corrected chi connectivity index (χ3v) is 5.19. The molecule has 0 spiro atoms. The van der Waals surface area contributed by atoms with Gasteiger partial charge in [-0.05, 0) is 54.4 Å². The number of carbonyl (C=O) groups is 1. The van der Waals surface area contributed by atoms with E-state index in [0.717, 1.165) is 35.7 Å². The summed E-state index contributed by atoms with van der Waals surface area (Å²) in [5, 5.41) is 10.5. The Hall–Kier alpha value is -3.35. The van der Waals surface area contributed by atoms with Gasteiger partial charge in [0.2, 0.25) is 0 Å². The Balaban J connectivity index is 1.39. The molecular weight excluding hydrogens is 369 g/mol. The van der Waals surface area contributed by atoms with Crippen molar-refractivity contribution in [2.24, 2.45) is 0 Å². The molecule has 0 saturated carbocycles. The molecule has 1 atom stereocenters. The number of carbonyl (C=O) groups excluding carboxylic acids is 1. The zero-order valence-electron chi connectivity index (χ0n) is 16.5. The van der Waals surface area contributed by atoms with E-state index in [9.17, 15) is 9.18 Å². The van der Waals surface area contributed by atoms with E-state index in [1.54, 1.807) is 12.1 Å². The van der Waals surface area contributed by atoms with Crippen LogP contribution in [0.25, 0.3) is 11.3 Å². The second kappa shape index (κ2) is 7.95. The van der Waals surface area contributed by atoms with Crippen molar-refractivity contribution < 1.29 is 9.18 Å². The summed E-state index contributed by atoms with van der Waals surface area (Å²) in [7, 11) is 3.91. The average molecular weight is 393 g/mol. The van der Waals surface area contributed by atoms with E-state index in [1.165, 1.54) is 12.1 Å². The molecule has 1 aliphatic heterocycles. The van der Waals surface area contributed by atoms with Crippen LogP contribution >= 0.6 is 0 Å². The van der Waals surface area contributed by atoms with Crippen LogP contribution in [0, 0.1) is 5.82 Å². The SMILES string of the molecule is CN(C)c1cccc(C(=O)NC2CCN(c3cc(-c4ccc(F)cc4)[nH]n3)C2)c1. The third kappa shape index (κ3) is 4.23. The number of amides is 1. The minimum Gasteiger partial charge on any atom is -0.378 e. The van der Waals surface area contributed by atoms with Crippen molar-refractivity contribution in [1.29, 1.82) is 0 Å². The van der Waals surface area contributed by atoms with Gasteiger partial charge in [-0.1, -0.05) is 6.07 Å².